The van der Waals surface area contributed by atoms with Crippen molar-refractivity contribution < 1.29 is 28.8 Å². The first-order valence-electron chi connectivity index (χ1n) is 16.2. The summed E-state index contributed by atoms with van der Waals surface area (Å²) in [6.45, 7) is 17.1. The van der Waals surface area contributed by atoms with Gasteiger partial charge in [-0.1, -0.05) is 54.9 Å². The predicted octanol–water partition coefficient (Wildman–Crippen LogP) is 2.49. The highest BCUT2D eigenvalue weighted by Crippen LogP contribution is 2.34. The summed E-state index contributed by atoms with van der Waals surface area (Å²) in [4.78, 5) is 82.1. The molecular formula is C32H56N6O6S. The van der Waals surface area contributed by atoms with E-state index in [4.69, 9.17) is 5.73 Å². The van der Waals surface area contributed by atoms with Crippen LogP contribution >= 0.6 is 11.8 Å². The number of likely N-dealkylation sites (tertiary alicyclic amines) is 1. The first-order valence-corrected chi connectivity index (χ1v) is 17.2. The molecule has 256 valence electrons. The van der Waals surface area contributed by atoms with Crippen molar-refractivity contribution in [3.05, 3.63) is 0 Å². The number of hydrogen-bond donors (Lipinski definition) is 4. The van der Waals surface area contributed by atoms with E-state index in [1.54, 1.807) is 11.9 Å². The van der Waals surface area contributed by atoms with Gasteiger partial charge in [-0.2, -0.15) is 0 Å². The van der Waals surface area contributed by atoms with Gasteiger partial charge >= 0.3 is 6.03 Å². The summed E-state index contributed by atoms with van der Waals surface area (Å²) >= 11 is 1.20. The summed E-state index contributed by atoms with van der Waals surface area (Å²) in [5, 5.41) is 7.17. The number of nitrogens with one attached hydrogen (secondary N) is 3. The maximum absolute atomic E-state index is 14.2. The van der Waals surface area contributed by atoms with Crippen LogP contribution in [0, 0.1) is 29.1 Å². The Labute approximate surface area is 273 Å². The van der Waals surface area contributed by atoms with Crippen LogP contribution in [0.4, 0.5) is 4.79 Å². The number of likely N-dealkylation sites (N-methyl/N-ethyl adjacent to an activating group) is 1. The molecule has 6 amide bonds. The first kappa shape index (κ1) is 38.4. The van der Waals surface area contributed by atoms with Crippen LogP contribution in [0.25, 0.3) is 0 Å². The van der Waals surface area contributed by atoms with Gasteiger partial charge < -0.3 is 31.5 Å². The number of carbonyl (C=O) groups excluding carboxylic acids is 6. The third-order valence-corrected chi connectivity index (χ3v) is 10.4. The summed E-state index contributed by atoms with van der Waals surface area (Å²) in [6, 6.07) is -3.47. The number of carbonyl (C=O) groups is 6. The molecule has 1 unspecified atom stereocenters. The quantitative estimate of drug-likeness (QED) is 0.165. The number of urea groups is 1. The third kappa shape index (κ3) is 10.1. The fraction of sp³-hybridized carbons (Fsp3) is 0.812. The second kappa shape index (κ2) is 16.1. The molecular weight excluding hydrogens is 596 g/mol. The van der Waals surface area contributed by atoms with E-state index in [1.165, 1.54) is 16.7 Å². The molecule has 1 saturated heterocycles. The van der Waals surface area contributed by atoms with Crippen molar-refractivity contribution in [1.29, 1.82) is 0 Å². The number of amides is 6. The van der Waals surface area contributed by atoms with E-state index >= 15 is 0 Å². The molecule has 5 atom stereocenters. The molecule has 2 fully saturated rings. The number of hydrogen-bond acceptors (Lipinski definition) is 7. The zero-order valence-corrected chi connectivity index (χ0v) is 29.6. The van der Waals surface area contributed by atoms with Crippen molar-refractivity contribution >= 4 is 47.2 Å². The standard InChI is InChI=1S/C32H56N6O6S/c1-17(2)21-14-15-38(23(21)27(41)36-28(24(39)26(33)40)45-16-20-12-11-13-20)30(43)25(32(7,8)9)35-31(44)34-22(18(3)4)29(42)37(10)19(5)6/h17-23,25,28H,11-16H2,1-10H3,(H2,33,40)(H,36,41)(H2,34,35,44)/t21-,22+,23+,25-,28?/m1/s1. The van der Waals surface area contributed by atoms with Crippen LogP contribution in [0.2, 0.25) is 0 Å². The summed E-state index contributed by atoms with van der Waals surface area (Å²) < 4.78 is 0. The lowest BCUT2D eigenvalue weighted by Crippen LogP contribution is -2.62. The monoisotopic (exact) mass is 652 g/mol. The molecule has 45 heavy (non-hydrogen) atoms. The van der Waals surface area contributed by atoms with Crippen molar-refractivity contribution in [3.63, 3.8) is 0 Å². The molecule has 12 nitrogen and oxygen atoms in total. The second-order valence-electron chi connectivity index (χ2n) is 14.6. The second-order valence-corrected chi connectivity index (χ2v) is 15.7. The van der Waals surface area contributed by atoms with Gasteiger partial charge in [0.25, 0.3) is 11.7 Å². The Balaban J connectivity index is 2.31. The fourth-order valence-electron chi connectivity index (χ4n) is 5.63. The van der Waals surface area contributed by atoms with Crippen LogP contribution in [0.3, 0.4) is 0 Å². The topological polar surface area (TPSA) is 171 Å². The van der Waals surface area contributed by atoms with Crippen molar-refractivity contribution in [2.24, 2.45) is 34.8 Å². The van der Waals surface area contributed by atoms with E-state index in [0.717, 1.165) is 19.3 Å². The smallest absolute Gasteiger partial charge is 0.316 e. The van der Waals surface area contributed by atoms with Crippen molar-refractivity contribution in [1.82, 2.24) is 25.8 Å². The van der Waals surface area contributed by atoms with E-state index in [2.05, 4.69) is 16.0 Å². The number of nitrogens with zero attached hydrogens (tertiary/aromatic N) is 2. The zero-order valence-electron chi connectivity index (χ0n) is 28.8. The molecule has 1 aliphatic carbocycles. The molecule has 0 radical (unpaired) electrons. The average Bonchev–Trinajstić information content (AvgIpc) is 3.36. The first-order chi connectivity index (χ1) is 20.8. The van der Waals surface area contributed by atoms with E-state index in [9.17, 15) is 28.8 Å². The van der Waals surface area contributed by atoms with E-state index in [1.807, 2.05) is 62.3 Å². The van der Waals surface area contributed by atoms with Gasteiger partial charge in [0.05, 0.1) is 0 Å². The van der Waals surface area contributed by atoms with Crippen molar-refractivity contribution in [2.75, 3.05) is 19.3 Å². The van der Waals surface area contributed by atoms with Gasteiger partial charge in [0.15, 0.2) is 0 Å². The molecule has 2 aliphatic rings. The zero-order chi connectivity index (χ0) is 34.4. The Bertz CT molecular complexity index is 1100. The van der Waals surface area contributed by atoms with Crippen LogP contribution in [-0.4, -0.2) is 94.1 Å². The summed E-state index contributed by atoms with van der Waals surface area (Å²) in [5.74, 6) is -2.55. The highest BCUT2D eigenvalue weighted by molar-refractivity contribution is 8.00. The minimum absolute atomic E-state index is 0.0339. The minimum Gasteiger partial charge on any atom is -0.363 e. The van der Waals surface area contributed by atoms with Crippen LogP contribution in [0.1, 0.15) is 88.0 Å². The number of ketones is 1. The van der Waals surface area contributed by atoms with E-state index in [-0.39, 0.29) is 36.2 Å². The molecule has 1 saturated carbocycles. The van der Waals surface area contributed by atoms with Crippen LogP contribution in [0.15, 0.2) is 0 Å². The number of nitrogens with two attached hydrogens (primary N) is 1. The van der Waals surface area contributed by atoms with Gasteiger partial charge in [-0.05, 0) is 67.9 Å². The largest absolute Gasteiger partial charge is 0.363 e. The molecule has 1 heterocycles. The van der Waals surface area contributed by atoms with E-state index in [0.29, 0.717) is 18.1 Å². The minimum atomic E-state index is -1.14. The number of primary amides is 1. The van der Waals surface area contributed by atoms with Gasteiger partial charge in [0.2, 0.25) is 17.7 Å². The maximum atomic E-state index is 14.2. The highest BCUT2D eigenvalue weighted by Gasteiger charge is 2.48. The SMILES string of the molecule is CC(C)[C@H](NC(=O)N[C@H](C(=O)N1CC[C@H](C(C)C)[C@H]1C(=O)NC(SCC1CCC1)C(=O)C(N)=O)C(C)(C)C)C(=O)N(C)C(C)C. The number of thioether (sulfide) groups is 1. The summed E-state index contributed by atoms with van der Waals surface area (Å²) in [6.07, 6.45) is 3.74. The molecule has 1 aliphatic heterocycles. The van der Waals surface area contributed by atoms with Crippen LogP contribution < -0.4 is 21.7 Å². The Hall–Kier alpha value is -2.83. The van der Waals surface area contributed by atoms with Gasteiger partial charge in [-0.25, -0.2) is 4.79 Å². The predicted molar refractivity (Wildman–Crippen MR) is 176 cm³/mol. The lowest BCUT2D eigenvalue weighted by molar-refractivity contribution is -0.143. The molecule has 13 heteroatoms. The van der Waals surface area contributed by atoms with Gasteiger partial charge in [-0.3, -0.25) is 24.0 Å². The molecule has 0 spiro atoms. The molecule has 0 aromatic carbocycles. The fourth-order valence-corrected chi connectivity index (χ4v) is 6.90. The van der Waals surface area contributed by atoms with Gasteiger partial charge in [0, 0.05) is 19.6 Å². The highest BCUT2D eigenvalue weighted by atomic mass is 32.2. The molecule has 2 rings (SSSR count). The van der Waals surface area contributed by atoms with Gasteiger partial charge in [0.1, 0.15) is 23.5 Å². The maximum Gasteiger partial charge on any atom is 0.316 e. The Morgan fingerprint density at radius 2 is 1.53 bits per heavy atom. The lowest BCUT2D eigenvalue weighted by atomic mass is 9.84. The molecule has 5 N–H and O–H groups in total. The van der Waals surface area contributed by atoms with Crippen LogP contribution in [0.5, 0.6) is 0 Å². The van der Waals surface area contributed by atoms with Crippen LogP contribution in [-0.2, 0) is 24.0 Å². The Morgan fingerprint density at radius 3 is 1.98 bits per heavy atom. The van der Waals surface area contributed by atoms with Crippen molar-refractivity contribution in [2.45, 2.75) is 118 Å². The summed E-state index contributed by atoms with van der Waals surface area (Å²) in [7, 11) is 1.68. The summed E-state index contributed by atoms with van der Waals surface area (Å²) in [5.41, 5.74) is 4.57. The van der Waals surface area contributed by atoms with Crippen molar-refractivity contribution in [3.8, 4) is 0 Å². The Morgan fingerprint density at radius 1 is 0.933 bits per heavy atom. The number of Topliss-reactive ketones (excluding diaryl/α,β-unsaturated/α-hetero) is 1. The normalized spacial score (nSPS) is 20.8. The van der Waals surface area contributed by atoms with Gasteiger partial charge in [-0.15, -0.1) is 11.8 Å². The molecule has 0 bridgehead atoms. The van der Waals surface area contributed by atoms with E-state index < -0.39 is 58.5 Å². The average molecular weight is 653 g/mol. The number of rotatable bonds is 14. The Kier molecular flexibility index (Phi) is 13.8. The lowest BCUT2D eigenvalue weighted by Gasteiger charge is -2.37. The third-order valence-electron chi connectivity index (χ3n) is 9.06. The molecule has 0 aromatic heterocycles. The molecule has 0 aromatic rings.